The van der Waals surface area contributed by atoms with Gasteiger partial charge in [-0.3, -0.25) is 0 Å². The molecule has 0 spiro atoms. The van der Waals surface area contributed by atoms with Crippen LogP contribution < -0.4 is 4.74 Å². The van der Waals surface area contributed by atoms with Crippen LogP contribution in [0.5, 0.6) is 5.75 Å². The van der Waals surface area contributed by atoms with Gasteiger partial charge in [-0.2, -0.15) is 0 Å². The highest BCUT2D eigenvalue weighted by Gasteiger charge is 2.27. The summed E-state index contributed by atoms with van der Waals surface area (Å²) in [6.45, 7) is -0.221. The molecule has 0 saturated heterocycles. The lowest BCUT2D eigenvalue weighted by Crippen LogP contribution is -2.25. The third-order valence-electron chi connectivity index (χ3n) is 2.82. The second-order valence-electron chi connectivity index (χ2n) is 4.11. The Morgan fingerprint density at radius 1 is 1.31 bits per heavy atom. The zero-order valence-electron chi connectivity index (χ0n) is 8.90. The first-order chi connectivity index (χ1) is 7.69. The van der Waals surface area contributed by atoms with Crippen molar-refractivity contribution < 1.29 is 19.3 Å². The van der Waals surface area contributed by atoms with E-state index in [4.69, 9.17) is 9.84 Å². The number of rotatable bonds is 3. The number of halogens is 1. The summed E-state index contributed by atoms with van der Waals surface area (Å²) in [5.74, 6) is -0.0657. The molecule has 0 aliphatic heterocycles. The number of aliphatic hydroxyl groups excluding tert-OH is 2. The number of ether oxygens (including phenoxy) is 1. The molecule has 1 aliphatic carbocycles. The largest absolute Gasteiger partial charge is 0.488 e. The lowest BCUT2D eigenvalue weighted by atomic mass is 10.2. The molecule has 1 fully saturated rings. The van der Waals surface area contributed by atoms with Gasteiger partial charge < -0.3 is 14.9 Å². The van der Waals surface area contributed by atoms with Gasteiger partial charge in [0.25, 0.3) is 0 Å². The van der Waals surface area contributed by atoms with Gasteiger partial charge in [0.2, 0.25) is 0 Å². The van der Waals surface area contributed by atoms with Gasteiger partial charge in [-0.1, -0.05) is 0 Å². The fourth-order valence-electron chi connectivity index (χ4n) is 2.00. The molecule has 2 N–H and O–H groups in total. The molecule has 0 heterocycles. The van der Waals surface area contributed by atoms with E-state index in [1.807, 2.05) is 0 Å². The van der Waals surface area contributed by atoms with Gasteiger partial charge in [0.15, 0.2) is 0 Å². The Hall–Kier alpha value is -1.13. The molecule has 16 heavy (non-hydrogen) atoms. The Balaban J connectivity index is 2.11. The van der Waals surface area contributed by atoms with Crippen LogP contribution in [0.4, 0.5) is 4.39 Å². The van der Waals surface area contributed by atoms with Crippen LogP contribution in [-0.2, 0) is 6.61 Å². The van der Waals surface area contributed by atoms with Crippen molar-refractivity contribution in [2.75, 3.05) is 0 Å². The minimum absolute atomic E-state index is 0.221. The summed E-state index contributed by atoms with van der Waals surface area (Å²) >= 11 is 0. The molecule has 0 bridgehead atoms. The molecule has 4 heteroatoms. The molecule has 0 amide bonds. The maximum atomic E-state index is 13.1. The molecular formula is C12H15FO3. The molecular weight excluding hydrogens is 211 g/mol. The van der Waals surface area contributed by atoms with Gasteiger partial charge in [-0.05, 0) is 37.0 Å². The van der Waals surface area contributed by atoms with Crippen molar-refractivity contribution in [2.24, 2.45) is 0 Å². The van der Waals surface area contributed by atoms with Crippen molar-refractivity contribution in [2.45, 2.75) is 38.1 Å². The highest BCUT2D eigenvalue weighted by atomic mass is 19.1. The van der Waals surface area contributed by atoms with E-state index in [0.717, 1.165) is 19.3 Å². The Morgan fingerprint density at radius 3 is 2.75 bits per heavy atom. The molecule has 0 aromatic heterocycles. The molecule has 1 aromatic carbocycles. The molecule has 1 aliphatic rings. The fourth-order valence-corrected chi connectivity index (χ4v) is 2.00. The maximum absolute atomic E-state index is 13.1. The normalized spacial score (nSPS) is 24.7. The second kappa shape index (κ2) is 4.80. The van der Waals surface area contributed by atoms with Crippen molar-refractivity contribution in [3.63, 3.8) is 0 Å². The van der Waals surface area contributed by atoms with E-state index in [1.54, 1.807) is 6.07 Å². The first-order valence-electron chi connectivity index (χ1n) is 5.44. The van der Waals surface area contributed by atoms with Gasteiger partial charge in [0.1, 0.15) is 17.7 Å². The van der Waals surface area contributed by atoms with Crippen LogP contribution in [0, 0.1) is 5.82 Å². The van der Waals surface area contributed by atoms with E-state index in [0.29, 0.717) is 11.3 Å². The number of benzene rings is 1. The van der Waals surface area contributed by atoms with Crippen molar-refractivity contribution in [3.8, 4) is 5.75 Å². The van der Waals surface area contributed by atoms with E-state index in [1.165, 1.54) is 12.1 Å². The SMILES string of the molecule is OCc1cc(F)cc(OC2CCCC2O)c1. The molecule has 2 rings (SSSR count). The predicted molar refractivity (Wildman–Crippen MR) is 56.6 cm³/mol. The Labute approximate surface area is 93.5 Å². The quantitative estimate of drug-likeness (QED) is 0.823. The van der Waals surface area contributed by atoms with Gasteiger partial charge >= 0.3 is 0 Å². The molecule has 1 aromatic rings. The van der Waals surface area contributed by atoms with Crippen LogP contribution in [0.25, 0.3) is 0 Å². The third-order valence-corrected chi connectivity index (χ3v) is 2.82. The van der Waals surface area contributed by atoms with E-state index >= 15 is 0 Å². The first kappa shape index (κ1) is 11.4. The van der Waals surface area contributed by atoms with Gasteiger partial charge in [0, 0.05) is 6.07 Å². The number of hydrogen-bond donors (Lipinski definition) is 2. The summed E-state index contributed by atoms with van der Waals surface area (Å²) < 4.78 is 18.6. The first-order valence-corrected chi connectivity index (χ1v) is 5.44. The molecule has 3 nitrogen and oxygen atoms in total. The summed E-state index contributed by atoms with van der Waals surface area (Å²) in [6, 6.07) is 4.12. The summed E-state index contributed by atoms with van der Waals surface area (Å²) in [6.07, 6.45) is 1.71. The van der Waals surface area contributed by atoms with E-state index in [9.17, 15) is 9.50 Å². The lowest BCUT2D eigenvalue weighted by Gasteiger charge is -2.17. The highest BCUT2D eigenvalue weighted by molar-refractivity contribution is 5.29. The Bertz CT molecular complexity index is 367. The minimum Gasteiger partial charge on any atom is -0.488 e. The van der Waals surface area contributed by atoms with Crippen molar-refractivity contribution in [3.05, 3.63) is 29.6 Å². The minimum atomic E-state index is -0.471. The standard InChI is InChI=1S/C12H15FO3/c13-9-4-8(7-14)5-10(6-9)16-12-3-1-2-11(12)15/h4-6,11-12,14-15H,1-3,7H2. The summed E-state index contributed by atoms with van der Waals surface area (Å²) in [5.41, 5.74) is 0.475. The second-order valence-corrected chi connectivity index (χ2v) is 4.11. The zero-order chi connectivity index (χ0) is 11.5. The van der Waals surface area contributed by atoms with Crippen molar-refractivity contribution >= 4 is 0 Å². The lowest BCUT2D eigenvalue weighted by molar-refractivity contribution is 0.0601. The smallest absolute Gasteiger partial charge is 0.127 e. The average molecular weight is 226 g/mol. The molecule has 0 radical (unpaired) electrons. The maximum Gasteiger partial charge on any atom is 0.127 e. The van der Waals surface area contributed by atoms with Gasteiger partial charge in [-0.25, -0.2) is 4.39 Å². The zero-order valence-corrected chi connectivity index (χ0v) is 8.90. The third kappa shape index (κ3) is 2.51. The molecule has 1 saturated carbocycles. The topological polar surface area (TPSA) is 49.7 Å². The van der Waals surface area contributed by atoms with Crippen molar-refractivity contribution in [1.29, 1.82) is 0 Å². The van der Waals surface area contributed by atoms with Gasteiger partial charge in [0.05, 0.1) is 12.7 Å². The molecule has 2 atom stereocenters. The Morgan fingerprint density at radius 2 is 2.12 bits per heavy atom. The summed E-state index contributed by atoms with van der Waals surface area (Å²) in [5, 5.41) is 18.5. The fraction of sp³-hybridized carbons (Fsp3) is 0.500. The van der Waals surface area contributed by atoms with E-state index < -0.39 is 11.9 Å². The van der Waals surface area contributed by atoms with Crippen LogP contribution >= 0.6 is 0 Å². The monoisotopic (exact) mass is 226 g/mol. The molecule has 88 valence electrons. The van der Waals surface area contributed by atoms with Gasteiger partial charge in [-0.15, -0.1) is 0 Å². The number of hydrogen-bond acceptors (Lipinski definition) is 3. The number of aliphatic hydroxyl groups is 2. The van der Waals surface area contributed by atoms with Crippen LogP contribution in [0.3, 0.4) is 0 Å². The van der Waals surface area contributed by atoms with Crippen LogP contribution in [0.1, 0.15) is 24.8 Å². The van der Waals surface area contributed by atoms with Crippen molar-refractivity contribution in [1.82, 2.24) is 0 Å². The van der Waals surface area contributed by atoms with Crippen LogP contribution in [-0.4, -0.2) is 22.4 Å². The van der Waals surface area contributed by atoms with E-state index in [2.05, 4.69) is 0 Å². The Kier molecular flexibility index (Phi) is 3.41. The van der Waals surface area contributed by atoms with Crippen LogP contribution in [0.15, 0.2) is 18.2 Å². The predicted octanol–water partition coefficient (Wildman–Crippen LogP) is 1.61. The summed E-state index contributed by atoms with van der Waals surface area (Å²) in [4.78, 5) is 0. The van der Waals surface area contributed by atoms with E-state index in [-0.39, 0.29) is 12.7 Å². The van der Waals surface area contributed by atoms with Crippen LogP contribution in [0.2, 0.25) is 0 Å². The highest BCUT2D eigenvalue weighted by Crippen LogP contribution is 2.25. The molecule has 2 unspecified atom stereocenters. The average Bonchev–Trinajstić information content (AvgIpc) is 2.63. The summed E-state index contributed by atoms with van der Waals surface area (Å²) in [7, 11) is 0.